The van der Waals surface area contributed by atoms with Crippen molar-refractivity contribution >= 4 is 15.9 Å². The van der Waals surface area contributed by atoms with Crippen molar-refractivity contribution < 1.29 is 13.2 Å². The van der Waals surface area contributed by atoms with Gasteiger partial charge in [0.25, 0.3) is 0 Å². The molecule has 1 N–H and O–H groups in total. The molecule has 7 heteroatoms. The number of carbonyl (C=O) groups excluding carboxylic acids is 1. The fraction of sp³-hybridized carbons (Fsp3) is 0.429. The summed E-state index contributed by atoms with van der Waals surface area (Å²) in [4.78, 5) is 18.2. The van der Waals surface area contributed by atoms with Crippen molar-refractivity contribution in [1.82, 2.24) is 14.6 Å². The molecule has 1 amide bonds. The van der Waals surface area contributed by atoms with Crippen LogP contribution < -0.4 is 4.72 Å². The minimum absolute atomic E-state index is 0.00963. The Labute approximate surface area is 167 Å². The van der Waals surface area contributed by atoms with Crippen molar-refractivity contribution in [2.45, 2.75) is 37.0 Å². The quantitative estimate of drug-likeness (QED) is 0.737. The maximum atomic E-state index is 12.4. The third kappa shape index (κ3) is 5.87. The minimum Gasteiger partial charge on any atom is -0.343 e. The number of carbonyl (C=O) groups is 1. The third-order valence-corrected chi connectivity index (χ3v) is 6.67. The highest BCUT2D eigenvalue weighted by molar-refractivity contribution is 7.89. The van der Waals surface area contributed by atoms with Gasteiger partial charge in [-0.15, -0.1) is 0 Å². The second-order valence-electron chi connectivity index (χ2n) is 7.18. The predicted octanol–water partition coefficient (Wildman–Crippen LogP) is 2.62. The number of hydrogen-bond donors (Lipinski definition) is 1. The van der Waals surface area contributed by atoms with E-state index in [1.54, 1.807) is 6.07 Å². The topological polar surface area (TPSA) is 79.4 Å². The van der Waals surface area contributed by atoms with E-state index in [-0.39, 0.29) is 23.8 Å². The summed E-state index contributed by atoms with van der Waals surface area (Å²) in [6.45, 7) is 1.62. The van der Waals surface area contributed by atoms with Crippen molar-refractivity contribution in [2.24, 2.45) is 5.92 Å². The highest BCUT2D eigenvalue weighted by Gasteiger charge is 2.23. The van der Waals surface area contributed by atoms with Crippen LogP contribution in [0.5, 0.6) is 0 Å². The monoisotopic (exact) mass is 401 g/mol. The summed E-state index contributed by atoms with van der Waals surface area (Å²) in [5.74, 6) is 0.656. The Morgan fingerprint density at radius 2 is 1.86 bits per heavy atom. The Morgan fingerprint density at radius 1 is 1.11 bits per heavy atom. The summed E-state index contributed by atoms with van der Waals surface area (Å²) in [6.07, 6.45) is 7.25. The number of benzene rings is 1. The van der Waals surface area contributed by atoms with Gasteiger partial charge < -0.3 is 4.90 Å². The summed E-state index contributed by atoms with van der Waals surface area (Å²) in [5.41, 5.74) is 1.36. The number of pyridine rings is 1. The van der Waals surface area contributed by atoms with E-state index < -0.39 is 10.0 Å². The van der Waals surface area contributed by atoms with Gasteiger partial charge in [0.15, 0.2) is 0 Å². The second kappa shape index (κ2) is 9.80. The fourth-order valence-electron chi connectivity index (χ4n) is 3.53. The van der Waals surface area contributed by atoms with Gasteiger partial charge in [0.2, 0.25) is 15.9 Å². The van der Waals surface area contributed by atoms with E-state index in [2.05, 4.69) is 34.0 Å². The first-order valence-corrected chi connectivity index (χ1v) is 11.2. The standard InChI is InChI=1S/C21H27N3O3S/c25-21(10-14-23-28(26,27)20-7-4-13-22-17-20)24-15-11-19(12-16-24)9-8-18-5-2-1-3-6-18/h1-7,13,17,19,23H,8-12,14-16H2. The van der Waals surface area contributed by atoms with Crippen LogP contribution in [-0.4, -0.2) is 43.8 Å². The van der Waals surface area contributed by atoms with Crippen LogP contribution in [0.4, 0.5) is 0 Å². The molecule has 0 saturated carbocycles. The summed E-state index contributed by atoms with van der Waals surface area (Å²) in [5, 5.41) is 0. The zero-order valence-electron chi connectivity index (χ0n) is 16.0. The lowest BCUT2D eigenvalue weighted by Crippen LogP contribution is -2.40. The Hall–Kier alpha value is -2.25. The molecule has 1 aromatic heterocycles. The first kappa shape index (κ1) is 20.5. The molecular formula is C21H27N3O3S. The van der Waals surface area contributed by atoms with Gasteiger partial charge >= 0.3 is 0 Å². The van der Waals surface area contributed by atoms with Gasteiger partial charge in [0.05, 0.1) is 0 Å². The largest absolute Gasteiger partial charge is 0.343 e. The number of nitrogens with zero attached hydrogens (tertiary/aromatic N) is 2. The molecule has 150 valence electrons. The highest BCUT2D eigenvalue weighted by Crippen LogP contribution is 2.22. The average Bonchev–Trinajstić information content (AvgIpc) is 2.74. The molecule has 0 atom stereocenters. The van der Waals surface area contributed by atoms with Crippen LogP contribution in [0.1, 0.15) is 31.2 Å². The Morgan fingerprint density at radius 3 is 2.54 bits per heavy atom. The molecule has 28 heavy (non-hydrogen) atoms. The smallest absolute Gasteiger partial charge is 0.242 e. The molecule has 1 fully saturated rings. The highest BCUT2D eigenvalue weighted by atomic mass is 32.2. The van der Waals surface area contributed by atoms with Gasteiger partial charge in [-0.05, 0) is 49.3 Å². The molecular weight excluding hydrogens is 374 g/mol. The van der Waals surface area contributed by atoms with E-state index in [1.165, 1.54) is 24.0 Å². The van der Waals surface area contributed by atoms with E-state index in [0.29, 0.717) is 5.92 Å². The predicted molar refractivity (Wildman–Crippen MR) is 108 cm³/mol. The number of nitrogens with one attached hydrogen (secondary N) is 1. The van der Waals surface area contributed by atoms with Crippen LogP contribution >= 0.6 is 0 Å². The second-order valence-corrected chi connectivity index (χ2v) is 8.95. The van der Waals surface area contributed by atoms with Crippen molar-refractivity contribution in [1.29, 1.82) is 0 Å². The lowest BCUT2D eigenvalue weighted by atomic mass is 9.90. The number of sulfonamides is 1. The summed E-state index contributed by atoms with van der Waals surface area (Å²) >= 11 is 0. The Kier molecular flexibility index (Phi) is 7.17. The number of aromatic nitrogens is 1. The van der Waals surface area contributed by atoms with Crippen LogP contribution in [0, 0.1) is 5.92 Å². The average molecular weight is 402 g/mol. The number of hydrogen-bond acceptors (Lipinski definition) is 4. The van der Waals surface area contributed by atoms with Gasteiger partial charge in [-0.1, -0.05) is 30.3 Å². The van der Waals surface area contributed by atoms with Crippen molar-refractivity contribution in [2.75, 3.05) is 19.6 Å². The van der Waals surface area contributed by atoms with Gasteiger partial charge in [-0.2, -0.15) is 0 Å². The molecule has 1 aliphatic heterocycles. The van der Waals surface area contributed by atoms with Crippen LogP contribution in [0.2, 0.25) is 0 Å². The van der Waals surface area contributed by atoms with E-state index >= 15 is 0 Å². The summed E-state index contributed by atoms with van der Waals surface area (Å²) in [7, 11) is -3.61. The number of aryl methyl sites for hydroxylation is 1. The molecule has 6 nitrogen and oxygen atoms in total. The molecule has 0 radical (unpaired) electrons. The maximum absolute atomic E-state index is 12.4. The molecule has 2 aromatic rings. The maximum Gasteiger partial charge on any atom is 0.242 e. The van der Waals surface area contributed by atoms with Gasteiger partial charge in [-0.3, -0.25) is 9.78 Å². The van der Waals surface area contributed by atoms with Crippen LogP contribution in [0.15, 0.2) is 59.8 Å². The Bertz CT molecular complexity index is 849. The van der Waals surface area contributed by atoms with Crippen molar-refractivity contribution in [3.05, 3.63) is 60.4 Å². The lowest BCUT2D eigenvalue weighted by Gasteiger charge is -2.32. The molecule has 2 heterocycles. The van der Waals surface area contributed by atoms with E-state index in [1.807, 2.05) is 11.0 Å². The first-order valence-electron chi connectivity index (χ1n) is 9.76. The number of rotatable bonds is 8. The third-order valence-electron chi connectivity index (χ3n) is 5.23. The summed E-state index contributed by atoms with van der Waals surface area (Å²) < 4.78 is 26.8. The van der Waals surface area contributed by atoms with Crippen molar-refractivity contribution in [3.8, 4) is 0 Å². The minimum atomic E-state index is -3.61. The van der Waals surface area contributed by atoms with Crippen LogP contribution in [0.25, 0.3) is 0 Å². The normalized spacial score (nSPS) is 15.5. The van der Waals surface area contributed by atoms with Crippen LogP contribution in [0.3, 0.4) is 0 Å². The molecule has 0 bridgehead atoms. The fourth-order valence-corrected chi connectivity index (χ4v) is 4.52. The zero-order chi connectivity index (χ0) is 19.8. The molecule has 0 unspecified atom stereocenters. The van der Waals surface area contributed by atoms with Gasteiger partial charge in [-0.25, -0.2) is 13.1 Å². The summed E-state index contributed by atoms with van der Waals surface area (Å²) in [6, 6.07) is 13.5. The zero-order valence-corrected chi connectivity index (χ0v) is 16.8. The SMILES string of the molecule is O=C(CCNS(=O)(=O)c1cccnc1)N1CCC(CCc2ccccc2)CC1. The molecule has 0 aliphatic carbocycles. The number of piperidine rings is 1. The Balaban J connectivity index is 1.37. The number of likely N-dealkylation sites (tertiary alicyclic amines) is 1. The van der Waals surface area contributed by atoms with E-state index in [0.717, 1.165) is 38.8 Å². The van der Waals surface area contributed by atoms with Crippen molar-refractivity contribution in [3.63, 3.8) is 0 Å². The van der Waals surface area contributed by atoms with E-state index in [9.17, 15) is 13.2 Å². The van der Waals surface area contributed by atoms with Gasteiger partial charge in [0, 0.05) is 38.4 Å². The van der Waals surface area contributed by atoms with Crippen LogP contribution in [-0.2, 0) is 21.2 Å². The molecule has 1 saturated heterocycles. The lowest BCUT2D eigenvalue weighted by molar-refractivity contribution is -0.132. The van der Waals surface area contributed by atoms with Gasteiger partial charge in [0.1, 0.15) is 4.90 Å². The molecule has 1 aromatic carbocycles. The molecule has 3 rings (SSSR count). The molecule has 1 aliphatic rings. The van der Waals surface area contributed by atoms with E-state index in [4.69, 9.17) is 0 Å². The first-order chi connectivity index (χ1) is 13.5. The number of amides is 1. The molecule has 0 spiro atoms.